The van der Waals surface area contributed by atoms with Gasteiger partial charge in [-0.2, -0.15) is 0 Å². The molecule has 0 unspecified atom stereocenters. The second kappa shape index (κ2) is 12.6. The van der Waals surface area contributed by atoms with Crippen molar-refractivity contribution in [3.05, 3.63) is 200 Å². The zero-order chi connectivity index (χ0) is 36.3. The van der Waals surface area contributed by atoms with E-state index >= 15 is 0 Å². The molecule has 0 N–H and O–H groups in total. The van der Waals surface area contributed by atoms with E-state index in [1.165, 1.54) is 16.3 Å². The molecule has 3 heteroatoms. The van der Waals surface area contributed by atoms with Crippen LogP contribution >= 0.6 is 0 Å². The number of furan rings is 2. The van der Waals surface area contributed by atoms with Gasteiger partial charge in [0, 0.05) is 38.5 Å². The van der Waals surface area contributed by atoms with Gasteiger partial charge in [-0.1, -0.05) is 158 Å². The molecule has 0 fully saturated rings. The number of nitrogens with zero attached hydrogens (tertiary/aromatic N) is 1. The number of hydrogen-bond donors (Lipinski definition) is 0. The molecule has 2 heterocycles. The summed E-state index contributed by atoms with van der Waals surface area (Å²) in [6.45, 7) is 0. The van der Waals surface area contributed by atoms with Crippen LogP contribution in [0.2, 0.25) is 0 Å². The molecule has 0 saturated carbocycles. The van der Waals surface area contributed by atoms with Gasteiger partial charge >= 0.3 is 0 Å². The molecule has 55 heavy (non-hydrogen) atoms. The van der Waals surface area contributed by atoms with Crippen molar-refractivity contribution in [2.24, 2.45) is 0 Å². The molecule has 0 aliphatic carbocycles. The Morgan fingerprint density at radius 3 is 1.64 bits per heavy atom. The lowest BCUT2D eigenvalue weighted by Crippen LogP contribution is -2.10. The predicted octanol–water partition coefficient (Wildman–Crippen LogP) is 15.1. The van der Waals surface area contributed by atoms with Crippen LogP contribution in [0.25, 0.3) is 88.0 Å². The lowest BCUT2D eigenvalue weighted by molar-refractivity contribution is 0.669. The van der Waals surface area contributed by atoms with Crippen LogP contribution in [0.1, 0.15) is 0 Å². The van der Waals surface area contributed by atoms with E-state index in [2.05, 4.69) is 181 Å². The summed E-state index contributed by atoms with van der Waals surface area (Å²) in [6.07, 6.45) is 0. The maximum atomic E-state index is 6.69. The van der Waals surface area contributed by atoms with Crippen LogP contribution in [0.3, 0.4) is 0 Å². The van der Waals surface area contributed by atoms with Crippen LogP contribution < -0.4 is 4.90 Å². The Morgan fingerprint density at radius 1 is 0.309 bits per heavy atom. The van der Waals surface area contributed by atoms with Gasteiger partial charge in [0.2, 0.25) is 0 Å². The van der Waals surface area contributed by atoms with Gasteiger partial charge in [0.05, 0.1) is 5.69 Å². The number of benzene rings is 9. The van der Waals surface area contributed by atoms with E-state index in [1.807, 2.05) is 24.3 Å². The zero-order valence-corrected chi connectivity index (χ0v) is 29.8. The monoisotopic (exact) mass is 703 g/mol. The smallest absolute Gasteiger partial charge is 0.159 e. The number of para-hydroxylation sites is 4. The molecule has 0 aliphatic heterocycles. The van der Waals surface area contributed by atoms with E-state index in [9.17, 15) is 0 Å². The lowest BCUT2D eigenvalue weighted by atomic mass is 9.90. The highest BCUT2D eigenvalue weighted by Crippen LogP contribution is 2.47. The van der Waals surface area contributed by atoms with Crippen LogP contribution in [0.5, 0.6) is 0 Å². The van der Waals surface area contributed by atoms with Crippen molar-refractivity contribution in [2.75, 3.05) is 4.90 Å². The highest BCUT2D eigenvalue weighted by Gasteiger charge is 2.23. The summed E-state index contributed by atoms with van der Waals surface area (Å²) in [5.41, 5.74) is 13.3. The van der Waals surface area contributed by atoms with Gasteiger partial charge in [-0.05, 0) is 81.1 Å². The zero-order valence-electron chi connectivity index (χ0n) is 29.8. The van der Waals surface area contributed by atoms with E-state index in [4.69, 9.17) is 8.83 Å². The molecule has 11 aromatic rings. The summed E-state index contributed by atoms with van der Waals surface area (Å²) < 4.78 is 13.3. The van der Waals surface area contributed by atoms with Crippen LogP contribution in [0.15, 0.2) is 209 Å². The molecule has 0 bridgehead atoms. The quantitative estimate of drug-likeness (QED) is 0.173. The van der Waals surface area contributed by atoms with E-state index in [0.717, 1.165) is 88.8 Å². The lowest BCUT2D eigenvalue weighted by Gasteiger charge is -2.27. The van der Waals surface area contributed by atoms with Crippen molar-refractivity contribution in [3.8, 4) is 33.4 Å². The van der Waals surface area contributed by atoms with Gasteiger partial charge in [-0.25, -0.2) is 0 Å². The minimum Gasteiger partial charge on any atom is -0.455 e. The van der Waals surface area contributed by atoms with Crippen molar-refractivity contribution in [1.82, 2.24) is 0 Å². The fraction of sp³-hybridized carbons (Fsp3) is 0. The molecule has 11 rings (SSSR count). The summed E-state index contributed by atoms with van der Waals surface area (Å²) in [5.74, 6) is 0. The van der Waals surface area contributed by atoms with Crippen molar-refractivity contribution in [2.45, 2.75) is 0 Å². The van der Waals surface area contributed by atoms with Crippen molar-refractivity contribution < 1.29 is 8.83 Å². The second-order valence-electron chi connectivity index (χ2n) is 14.0. The minimum absolute atomic E-state index is 0.846. The van der Waals surface area contributed by atoms with Gasteiger partial charge in [-0.15, -0.1) is 0 Å². The molecule has 9 aromatic carbocycles. The summed E-state index contributed by atoms with van der Waals surface area (Å²) in [6, 6.07) is 70.9. The molecule has 3 nitrogen and oxygen atoms in total. The van der Waals surface area contributed by atoms with Crippen LogP contribution in [0.4, 0.5) is 17.1 Å². The van der Waals surface area contributed by atoms with Crippen molar-refractivity contribution in [3.63, 3.8) is 0 Å². The van der Waals surface area contributed by atoms with E-state index in [-0.39, 0.29) is 0 Å². The third-order valence-corrected chi connectivity index (χ3v) is 10.9. The molecule has 0 amide bonds. The van der Waals surface area contributed by atoms with E-state index in [0.29, 0.717) is 0 Å². The molecule has 2 aromatic heterocycles. The maximum Gasteiger partial charge on any atom is 0.159 e. The molecular weight excluding hydrogens is 671 g/mol. The van der Waals surface area contributed by atoms with Crippen molar-refractivity contribution >= 4 is 71.7 Å². The third kappa shape index (κ3) is 5.13. The highest BCUT2D eigenvalue weighted by molar-refractivity contribution is 6.13. The Kier molecular flexibility index (Phi) is 7.17. The molecular formula is C52H33NO2. The SMILES string of the molecule is c1ccc(-c2ccc(N(c3ccc(-c4cccc5c4oc4ccccc45)c(-c4cccc5ccccc45)c3)c3cccc4c3oc3ccccc34)cc2)cc1. The number of anilines is 3. The van der Waals surface area contributed by atoms with Crippen LogP contribution in [0, 0.1) is 0 Å². The van der Waals surface area contributed by atoms with Gasteiger partial charge in [0.15, 0.2) is 5.58 Å². The number of hydrogen-bond acceptors (Lipinski definition) is 3. The fourth-order valence-corrected chi connectivity index (χ4v) is 8.32. The topological polar surface area (TPSA) is 29.5 Å². The molecule has 0 saturated heterocycles. The Hall–Kier alpha value is -7.36. The molecule has 0 spiro atoms. The Bertz CT molecular complexity index is 3200. The molecule has 0 radical (unpaired) electrons. The fourth-order valence-electron chi connectivity index (χ4n) is 8.32. The second-order valence-corrected chi connectivity index (χ2v) is 14.0. The van der Waals surface area contributed by atoms with E-state index in [1.54, 1.807) is 0 Å². The third-order valence-electron chi connectivity index (χ3n) is 10.9. The first-order valence-electron chi connectivity index (χ1n) is 18.7. The van der Waals surface area contributed by atoms with Gasteiger partial charge in [0.25, 0.3) is 0 Å². The average Bonchev–Trinajstić information content (AvgIpc) is 3.84. The van der Waals surface area contributed by atoms with Crippen molar-refractivity contribution in [1.29, 1.82) is 0 Å². The van der Waals surface area contributed by atoms with E-state index < -0.39 is 0 Å². The molecule has 0 aliphatic rings. The molecule has 0 atom stereocenters. The van der Waals surface area contributed by atoms with Crippen LogP contribution in [-0.2, 0) is 0 Å². The Labute approximate surface area is 317 Å². The average molecular weight is 704 g/mol. The predicted molar refractivity (Wildman–Crippen MR) is 229 cm³/mol. The van der Waals surface area contributed by atoms with Crippen LogP contribution in [-0.4, -0.2) is 0 Å². The summed E-state index contributed by atoms with van der Waals surface area (Å²) in [7, 11) is 0. The van der Waals surface area contributed by atoms with Gasteiger partial charge in [0.1, 0.15) is 16.7 Å². The first-order valence-corrected chi connectivity index (χ1v) is 18.7. The number of fused-ring (bicyclic) bond motifs is 7. The first kappa shape index (κ1) is 31.2. The highest BCUT2D eigenvalue weighted by atomic mass is 16.3. The summed E-state index contributed by atoms with van der Waals surface area (Å²) in [5, 5.41) is 6.80. The summed E-state index contributed by atoms with van der Waals surface area (Å²) >= 11 is 0. The Morgan fingerprint density at radius 2 is 0.855 bits per heavy atom. The van der Waals surface area contributed by atoms with Gasteiger partial charge < -0.3 is 13.7 Å². The van der Waals surface area contributed by atoms with Gasteiger partial charge in [-0.3, -0.25) is 0 Å². The summed E-state index contributed by atoms with van der Waals surface area (Å²) in [4.78, 5) is 2.33. The minimum atomic E-state index is 0.846. The largest absolute Gasteiger partial charge is 0.455 e. The Balaban J connectivity index is 1.19. The standard InChI is InChI=1S/C52H33NO2/c1-2-13-34(14-3-1)35-27-29-37(30-28-35)53(48-24-12-23-46-43-19-7-9-26-50(43)55-52(46)48)38-31-32-41(47(33-38)40-20-10-16-36-15-4-5-17-39(36)40)44-21-11-22-45-42-18-6-8-25-49(42)54-51(44)45/h1-33H. The normalized spacial score (nSPS) is 11.6. The number of rotatable bonds is 6. The first-order chi connectivity index (χ1) is 27.3. The molecule has 258 valence electrons. The maximum absolute atomic E-state index is 6.69.